The Balaban J connectivity index is 1.92. The van der Waals surface area contributed by atoms with Gasteiger partial charge < -0.3 is 15.5 Å². The normalized spacial score (nSPS) is 17.6. The smallest absolute Gasteiger partial charge is 0.0991 e. The number of halogens is 1. The Morgan fingerprint density at radius 2 is 2.17 bits per heavy atom. The summed E-state index contributed by atoms with van der Waals surface area (Å²) in [5.41, 5.74) is 9.33. The van der Waals surface area contributed by atoms with Gasteiger partial charge in [0, 0.05) is 24.8 Å². The van der Waals surface area contributed by atoms with Gasteiger partial charge in [0.15, 0.2) is 0 Å². The molecule has 2 aromatic carbocycles. The van der Waals surface area contributed by atoms with E-state index in [0.29, 0.717) is 22.3 Å². The van der Waals surface area contributed by atoms with E-state index < -0.39 is 0 Å². The molecule has 0 bridgehead atoms. The summed E-state index contributed by atoms with van der Waals surface area (Å²) in [6.45, 7) is 2.84. The van der Waals surface area contributed by atoms with Crippen molar-refractivity contribution in [1.82, 2.24) is 4.90 Å². The van der Waals surface area contributed by atoms with Gasteiger partial charge in [-0.2, -0.15) is 5.26 Å². The SMILES string of the molecule is CN1CCC(N(Cc2cccc(C#N)c2)c2ccc(N)c(Cl)c2)C1. The Labute approximate surface area is 148 Å². The molecule has 2 aromatic rings. The zero-order valence-corrected chi connectivity index (χ0v) is 14.5. The van der Waals surface area contributed by atoms with Crippen LogP contribution >= 0.6 is 11.6 Å². The molecule has 124 valence electrons. The minimum Gasteiger partial charge on any atom is -0.398 e. The van der Waals surface area contributed by atoms with Crippen molar-refractivity contribution in [3.05, 3.63) is 58.6 Å². The molecule has 1 atom stereocenters. The number of nitrogens with zero attached hydrogens (tertiary/aromatic N) is 3. The van der Waals surface area contributed by atoms with Crippen molar-refractivity contribution in [3.63, 3.8) is 0 Å². The molecule has 1 fully saturated rings. The molecule has 1 heterocycles. The van der Waals surface area contributed by atoms with Crippen LogP contribution in [0.5, 0.6) is 0 Å². The molecule has 1 aliphatic heterocycles. The topological polar surface area (TPSA) is 56.3 Å². The van der Waals surface area contributed by atoms with Crippen LogP contribution in [0.4, 0.5) is 11.4 Å². The molecule has 0 aromatic heterocycles. The van der Waals surface area contributed by atoms with Crippen LogP contribution in [0, 0.1) is 11.3 Å². The number of hydrogen-bond donors (Lipinski definition) is 1. The Hall–Kier alpha value is -2.22. The quantitative estimate of drug-likeness (QED) is 0.865. The number of anilines is 2. The van der Waals surface area contributed by atoms with E-state index in [1.807, 2.05) is 36.4 Å². The van der Waals surface area contributed by atoms with Gasteiger partial charge in [-0.05, 0) is 55.9 Å². The van der Waals surface area contributed by atoms with Crippen LogP contribution < -0.4 is 10.6 Å². The van der Waals surface area contributed by atoms with E-state index >= 15 is 0 Å². The highest BCUT2D eigenvalue weighted by Gasteiger charge is 2.26. The van der Waals surface area contributed by atoms with E-state index in [4.69, 9.17) is 22.6 Å². The fraction of sp³-hybridized carbons (Fsp3) is 0.316. The number of nitrogens with two attached hydrogens (primary N) is 1. The second-order valence-corrected chi connectivity index (χ2v) is 6.76. The lowest BCUT2D eigenvalue weighted by Gasteiger charge is -2.31. The Bertz CT molecular complexity index is 768. The van der Waals surface area contributed by atoms with E-state index in [9.17, 15) is 0 Å². The van der Waals surface area contributed by atoms with Gasteiger partial charge >= 0.3 is 0 Å². The first-order valence-corrected chi connectivity index (χ1v) is 8.44. The minimum absolute atomic E-state index is 0.417. The first kappa shape index (κ1) is 16.6. The molecule has 1 saturated heterocycles. The average molecular weight is 341 g/mol. The second kappa shape index (κ2) is 7.12. The maximum Gasteiger partial charge on any atom is 0.0991 e. The van der Waals surface area contributed by atoms with Gasteiger partial charge in [0.25, 0.3) is 0 Å². The number of hydrogen-bond acceptors (Lipinski definition) is 4. The summed E-state index contributed by atoms with van der Waals surface area (Å²) in [4.78, 5) is 4.70. The van der Waals surface area contributed by atoms with Crippen molar-refractivity contribution < 1.29 is 0 Å². The van der Waals surface area contributed by atoms with E-state index in [0.717, 1.165) is 37.3 Å². The summed E-state index contributed by atoms with van der Waals surface area (Å²) in [5.74, 6) is 0. The van der Waals surface area contributed by atoms with Gasteiger partial charge in [0.1, 0.15) is 0 Å². The van der Waals surface area contributed by atoms with Gasteiger partial charge in [-0.1, -0.05) is 23.7 Å². The molecule has 0 aliphatic carbocycles. The zero-order chi connectivity index (χ0) is 17.1. The van der Waals surface area contributed by atoms with E-state index in [-0.39, 0.29) is 0 Å². The van der Waals surface area contributed by atoms with Crippen LogP contribution in [0.2, 0.25) is 5.02 Å². The van der Waals surface area contributed by atoms with E-state index in [2.05, 4.69) is 29.0 Å². The third kappa shape index (κ3) is 3.64. The summed E-state index contributed by atoms with van der Waals surface area (Å²) in [7, 11) is 2.14. The van der Waals surface area contributed by atoms with Gasteiger partial charge in [0.05, 0.1) is 22.3 Å². The van der Waals surface area contributed by atoms with Crippen molar-refractivity contribution in [3.8, 4) is 6.07 Å². The molecule has 24 heavy (non-hydrogen) atoms. The highest BCUT2D eigenvalue weighted by Crippen LogP contribution is 2.30. The van der Waals surface area contributed by atoms with Gasteiger partial charge in [-0.3, -0.25) is 0 Å². The molecular formula is C19H21ClN4. The molecule has 0 saturated carbocycles. The second-order valence-electron chi connectivity index (χ2n) is 6.35. The van der Waals surface area contributed by atoms with Crippen molar-refractivity contribution in [1.29, 1.82) is 5.26 Å². The number of likely N-dealkylation sites (tertiary alicyclic amines) is 1. The monoisotopic (exact) mass is 340 g/mol. The van der Waals surface area contributed by atoms with Crippen LogP contribution in [0.25, 0.3) is 0 Å². The maximum atomic E-state index is 9.12. The van der Waals surface area contributed by atoms with Crippen molar-refractivity contribution in [2.24, 2.45) is 0 Å². The predicted octanol–water partition coefficient (Wildman–Crippen LogP) is 3.50. The van der Waals surface area contributed by atoms with Crippen LogP contribution in [0.1, 0.15) is 17.5 Å². The summed E-state index contributed by atoms with van der Waals surface area (Å²) in [6.07, 6.45) is 1.11. The molecule has 5 heteroatoms. The maximum absolute atomic E-state index is 9.12. The molecule has 0 amide bonds. The summed E-state index contributed by atoms with van der Waals surface area (Å²) in [6, 6.07) is 16.2. The van der Waals surface area contributed by atoms with Gasteiger partial charge in [-0.25, -0.2) is 0 Å². The fourth-order valence-corrected chi connectivity index (χ4v) is 3.40. The Morgan fingerprint density at radius 3 is 2.83 bits per heavy atom. The Kier molecular flexibility index (Phi) is 4.94. The molecule has 1 aliphatic rings. The van der Waals surface area contributed by atoms with Crippen molar-refractivity contribution in [2.75, 3.05) is 30.8 Å². The van der Waals surface area contributed by atoms with Gasteiger partial charge in [0.2, 0.25) is 0 Å². The predicted molar refractivity (Wildman–Crippen MR) is 99.1 cm³/mol. The highest BCUT2D eigenvalue weighted by molar-refractivity contribution is 6.33. The summed E-state index contributed by atoms with van der Waals surface area (Å²) >= 11 is 6.24. The number of benzene rings is 2. The molecule has 4 nitrogen and oxygen atoms in total. The lowest BCUT2D eigenvalue weighted by Crippen LogP contribution is -2.36. The van der Waals surface area contributed by atoms with E-state index in [1.165, 1.54) is 0 Å². The molecule has 0 radical (unpaired) electrons. The third-order valence-electron chi connectivity index (χ3n) is 4.53. The number of likely N-dealkylation sites (N-methyl/N-ethyl adjacent to an activating group) is 1. The lowest BCUT2D eigenvalue weighted by molar-refractivity contribution is 0.407. The van der Waals surface area contributed by atoms with E-state index in [1.54, 1.807) is 0 Å². The molecule has 0 spiro atoms. The average Bonchev–Trinajstić information content (AvgIpc) is 3.01. The first-order valence-electron chi connectivity index (χ1n) is 8.06. The van der Waals surface area contributed by atoms with Crippen molar-refractivity contribution in [2.45, 2.75) is 19.0 Å². The van der Waals surface area contributed by atoms with Crippen LogP contribution in [0.3, 0.4) is 0 Å². The third-order valence-corrected chi connectivity index (χ3v) is 4.86. The Morgan fingerprint density at radius 1 is 1.33 bits per heavy atom. The molecule has 2 N–H and O–H groups in total. The summed E-state index contributed by atoms with van der Waals surface area (Å²) < 4.78 is 0. The van der Waals surface area contributed by atoms with Crippen molar-refractivity contribution >= 4 is 23.0 Å². The lowest BCUT2D eigenvalue weighted by atomic mass is 10.1. The zero-order valence-electron chi connectivity index (χ0n) is 13.7. The summed E-state index contributed by atoms with van der Waals surface area (Å²) in [5, 5.41) is 9.70. The van der Waals surface area contributed by atoms with Crippen LogP contribution in [-0.4, -0.2) is 31.1 Å². The van der Waals surface area contributed by atoms with Crippen LogP contribution in [-0.2, 0) is 6.54 Å². The first-order chi connectivity index (χ1) is 11.6. The molecule has 3 rings (SSSR count). The minimum atomic E-state index is 0.417. The fourth-order valence-electron chi connectivity index (χ4n) is 3.23. The number of nitrogen functional groups attached to an aromatic ring is 1. The number of nitriles is 1. The molecule has 1 unspecified atom stereocenters. The standard InChI is InChI=1S/C19H21ClN4/c1-23-8-7-17(13-23)24(16-5-6-19(22)18(20)10-16)12-15-4-2-3-14(9-15)11-21/h2-6,9-10,17H,7-8,12-13,22H2,1H3. The highest BCUT2D eigenvalue weighted by atomic mass is 35.5. The largest absolute Gasteiger partial charge is 0.398 e. The molecular weight excluding hydrogens is 320 g/mol. The van der Waals surface area contributed by atoms with Crippen LogP contribution in [0.15, 0.2) is 42.5 Å². The van der Waals surface area contributed by atoms with Gasteiger partial charge in [-0.15, -0.1) is 0 Å². The number of rotatable bonds is 4.